The van der Waals surface area contributed by atoms with Gasteiger partial charge < -0.3 is 18.9 Å². The van der Waals surface area contributed by atoms with Crippen LogP contribution in [0.1, 0.15) is 10.4 Å². The zero-order chi connectivity index (χ0) is 19.1. The van der Waals surface area contributed by atoms with E-state index in [0.717, 1.165) is 0 Å². The summed E-state index contributed by atoms with van der Waals surface area (Å²) >= 11 is 9.11. The lowest BCUT2D eigenvalue weighted by molar-refractivity contribution is -0.144. The van der Waals surface area contributed by atoms with Crippen LogP contribution in [0, 0.1) is 0 Å². The summed E-state index contributed by atoms with van der Waals surface area (Å²) in [6, 6.07) is 9.68. The summed E-state index contributed by atoms with van der Waals surface area (Å²) in [6.07, 6.45) is 0. The van der Waals surface area contributed by atoms with Crippen LogP contribution in [0.2, 0.25) is 5.02 Å². The summed E-state index contributed by atoms with van der Waals surface area (Å²) in [7, 11) is 2.94. The Balaban J connectivity index is 1.91. The smallest absolute Gasteiger partial charge is 0.344 e. The van der Waals surface area contributed by atoms with Crippen LogP contribution < -0.4 is 14.2 Å². The zero-order valence-electron chi connectivity index (χ0n) is 14.1. The molecule has 0 amide bonds. The predicted octanol–water partition coefficient (Wildman–Crippen LogP) is 3.92. The maximum absolute atomic E-state index is 12.3. The number of halogens is 2. The lowest BCUT2D eigenvalue weighted by Crippen LogP contribution is -2.20. The minimum Gasteiger partial charge on any atom is -0.497 e. The molecule has 6 nitrogen and oxygen atoms in total. The van der Waals surface area contributed by atoms with Crippen LogP contribution in [0.25, 0.3) is 0 Å². The number of hydrogen-bond donors (Lipinski definition) is 0. The quantitative estimate of drug-likeness (QED) is 0.455. The summed E-state index contributed by atoms with van der Waals surface area (Å²) in [5.74, 6) is 0.209. The van der Waals surface area contributed by atoms with Crippen LogP contribution in [-0.2, 0) is 9.53 Å². The van der Waals surface area contributed by atoms with Gasteiger partial charge in [-0.05, 0) is 52.3 Å². The van der Waals surface area contributed by atoms with Crippen LogP contribution in [-0.4, -0.2) is 39.2 Å². The number of carbonyl (C=O) groups is 2. The predicted molar refractivity (Wildman–Crippen MR) is 99.5 cm³/mol. The second-order valence-electron chi connectivity index (χ2n) is 5.01. The fourth-order valence-corrected chi connectivity index (χ4v) is 2.82. The highest BCUT2D eigenvalue weighted by Crippen LogP contribution is 2.28. The third kappa shape index (κ3) is 5.37. The molecule has 0 aliphatic carbocycles. The first-order chi connectivity index (χ1) is 12.4. The Morgan fingerprint density at radius 1 is 1.00 bits per heavy atom. The van der Waals surface area contributed by atoms with Crippen LogP contribution in [0.15, 0.2) is 40.9 Å². The molecule has 0 aliphatic heterocycles. The Hall–Kier alpha value is -2.25. The molecule has 0 fully saturated rings. The molecule has 0 saturated heterocycles. The van der Waals surface area contributed by atoms with Crippen molar-refractivity contribution in [3.8, 4) is 17.2 Å². The average Bonchev–Trinajstić information content (AvgIpc) is 2.64. The van der Waals surface area contributed by atoms with E-state index in [0.29, 0.717) is 26.7 Å². The normalized spacial score (nSPS) is 10.2. The number of esters is 1. The van der Waals surface area contributed by atoms with Crippen molar-refractivity contribution in [1.82, 2.24) is 0 Å². The number of carbonyl (C=O) groups excluding carboxylic acids is 2. The van der Waals surface area contributed by atoms with Gasteiger partial charge in [-0.2, -0.15) is 0 Å². The minimum atomic E-state index is -0.679. The van der Waals surface area contributed by atoms with Gasteiger partial charge >= 0.3 is 5.97 Å². The average molecular weight is 444 g/mol. The number of Topliss-reactive ketones (excluding diaryl/α,β-unsaturated/α-hetero) is 1. The van der Waals surface area contributed by atoms with E-state index in [1.165, 1.54) is 20.3 Å². The molecule has 0 heterocycles. The van der Waals surface area contributed by atoms with Gasteiger partial charge in [-0.3, -0.25) is 4.79 Å². The number of rotatable bonds is 8. The summed E-state index contributed by atoms with van der Waals surface area (Å²) in [5.41, 5.74) is 0.265. The molecular formula is C18H16BrClO6. The highest BCUT2D eigenvalue weighted by atomic mass is 79.9. The van der Waals surface area contributed by atoms with E-state index in [-0.39, 0.29) is 12.2 Å². The third-order valence-electron chi connectivity index (χ3n) is 3.31. The van der Waals surface area contributed by atoms with E-state index in [4.69, 9.17) is 30.5 Å². The molecule has 0 saturated carbocycles. The summed E-state index contributed by atoms with van der Waals surface area (Å²) in [4.78, 5) is 24.1. The molecule has 0 atom stereocenters. The van der Waals surface area contributed by atoms with Gasteiger partial charge in [-0.1, -0.05) is 11.6 Å². The van der Waals surface area contributed by atoms with Crippen molar-refractivity contribution in [1.29, 1.82) is 0 Å². The fraction of sp³-hybridized carbons (Fsp3) is 0.222. The Bertz CT molecular complexity index is 808. The topological polar surface area (TPSA) is 71.1 Å². The van der Waals surface area contributed by atoms with Gasteiger partial charge in [0.1, 0.15) is 17.2 Å². The summed E-state index contributed by atoms with van der Waals surface area (Å²) in [6.45, 7) is -0.781. The van der Waals surface area contributed by atoms with Crippen molar-refractivity contribution in [3.05, 3.63) is 51.5 Å². The number of ether oxygens (including phenoxy) is 4. The molecule has 0 radical (unpaired) electrons. The van der Waals surface area contributed by atoms with Crippen LogP contribution in [0.5, 0.6) is 17.2 Å². The van der Waals surface area contributed by atoms with Crippen LogP contribution in [0.4, 0.5) is 0 Å². The highest BCUT2D eigenvalue weighted by Gasteiger charge is 2.16. The highest BCUT2D eigenvalue weighted by molar-refractivity contribution is 9.10. The maximum atomic E-state index is 12.3. The first kappa shape index (κ1) is 20.1. The molecule has 138 valence electrons. The fourth-order valence-electron chi connectivity index (χ4n) is 2.03. The molecule has 0 spiro atoms. The van der Waals surface area contributed by atoms with Gasteiger partial charge in [0.05, 0.1) is 24.3 Å². The first-order valence-corrected chi connectivity index (χ1v) is 8.60. The number of benzene rings is 2. The van der Waals surface area contributed by atoms with E-state index in [9.17, 15) is 9.59 Å². The van der Waals surface area contributed by atoms with Crippen molar-refractivity contribution < 1.29 is 28.5 Å². The first-order valence-electron chi connectivity index (χ1n) is 7.43. The van der Waals surface area contributed by atoms with Gasteiger partial charge in [0, 0.05) is 5.02 Å². The molecule has 0 unspecified atom stereocenters. The van der Waals surface area contributed by atoms with E-state index in [1.807, 2.05) is 0 Å². The standard InChI is InChI=1S/C18H16BrClO6/c1-23-12-4-6-16(24-2)13(8-12)15(21)9-26-18(22)10-25-17-5-3-11(20)7-14(17)19/h3-8H,9-10H2,1-2H3. The zero-order valence-corrected chi connectivity index (χ0v) is 16.4. The molecule has 2 aromatic carbocycles. The summed E-state index contributed by atoms with van der Waals surface area (Å²) < 4.78 is 21.1. The van der Waals surface area contributed by atoms with E-state index in [2.05, 4.69) is 15.9 Å². The van der Waals surface area contributed by atoms with Crippen molar-refractivity contribution in [2.24, 2.45) is 0 Å². The van der Waals surface area contributed by atoms with Crippen LogP contribution in [0.3, 0.4) is 0 Å². The SMILES string of the molecule is COc1ccc(OC)c(C(=O)COC(=O)COc2ccc(Cl)cc2Br)c1. The Labute approximate surface area is 164 Å². The second kappa shape index (κ2) is 9.45. The molecule has 26 heavy (non-hydrogen) atoms. The van der Waals surface area contributed by atoms with Gasteiger partial charge in [0.25, 0.3) is 0 Å². The molecule has 0 N–H and O–H groups in total. The summed E-state index contributed by atoms with van der Waals surface area (Å²) in [5, 5.41) is 0.532. The molecular weight excluding hydrogens is 428 g/mol. The van der Waals surface area contributed by atoms with Gasteiger partial charge in [-0.25, -0.2) is 4.79 Å². The Kier molecular flexibility index (Phi) is 7.29. The van der Waals surface area contributed by atoms with Crippen molar-refractivity contribution in [3.63, 3.8) is 0 Å². The maximum Gasteiger partial charge on any atom is 0.344 e. The minimum absolute atomic E-state index is 0.265. The molecule has 0 aliphatic rings. The largest absolute Gasteiger partial charge is 0.497 e. The van der Waals surface area contributed by atoms with Gasteiger partial charge in [0.2, 0.25) is 5.78 Å². The van der Waals surface area contributed by atoms with E-state index >= 15 is 0 Å². The molecule has 2 aromatic rings. The molecule has 8 heteroatoms. The molecule has 2 rings (SSSR count). The lowest BCUT2D eigenvalue weighted by atomic mass is 10.1. The number of methoxy groups -OCH3 is 2. The number of hydrogen-bond acceptors (Lipinski definition) is 6. The Morgan fingerprint density at radius 3 is 2.38 bits per heavy atom. The molecule has 0 aromatic heterocycles. The lowest BCUT2D eigenvalue weighted by Gasteiger charge is -2.11. The van der Waals surface area contributed by atoms with Crippen LogP contribution >= 0.6 is 27.5 Å². The van der Waals surface area contributed by atoms with Crippen molar-refractivity contribution in [2.45, 2.75) is 0 Å². The van der Waals surface area contributed by atoms with Crippen molar-refractivity contribution in [2.75, 3.05) is 27.4 Å². The molecule has 0 bridgehead atoms. The third-order valence-corrected chi connectivity index (χ3v) is 4.17. The van der Waals surface area contributed by atoms with Crippen molar-refractivity contribution >= 4 is 39.3 Å². The Morgan fingerprint density at radius 2 is 1.73 bits per heavy atom. The monoisotopic (exact) mass is 442 g/mol. The number of ketones is 1. The van der Waals surface area contributed by atoms with E-state index < -0.39 is 18.4 Å². The van der Waals surface area contributed by atoms with Gasteiger partial charge in [-0.15, -0.1) is 0 Å². The van der Waals surface area contributed by atoms with E-state index in [1.54, 1.807) is 30.3 Å². The van der Waals surface area contributed by atoms with Gasteiger partial charge in [0.15, 0.2) is 13.2 Å². The second-order valence-corrected chi connectivity index (χ2v) is 6.30.